The summed E-state index contributed by atoms with van der Waals surface area (Å²) in [5, 5.41) is 3.40. The maximum absolute atomic E-state index is 13.2. The molecule has 1 saturated heterocycles. The van der Waals surface area contributed by atoms with Crippen molar-refractivity contribution in [3.05, 3.63) is 35.4 Å². The first kappa shape index (κ1) is 14.4. The molecule has 4 heteroatoms. The molecule has 1 N–H and O–H groups in total. The highest BCUT2D eigenvalue weighted by atomic mass is 19.1. The first-order chi connectivity index (χ1) is 9.10. The lowest BCUT2D eigenvalue weighted by Crippen LogP contribution is -2.53. The molecule has 0 aromatic heterocycles. The Balaban J connectivity index is 2.10. The van der Waals surface area contributed by atoms with Gasteiger partial charge in [0.2, 0.25) is 0 Å². The van der Waals surface area contributed by atoms with E-state index in [1.54, 1.807) is 0 Å². The van der Waals surface area contributed by atoms with Gasteiger partial charge in [-0.1, -0.05) is 20.3 Å². The number of halogens is 2. The van der Waals surface area contributed by atoms with Crippen molar-refractivity contribution in [2.24, 2.45) is 5.92 Å². The Bertz CT molecular complexity index is 402. The molecule has 2 unspecified atom stereocenters. The molecule has 2 atom stereocenters. The Morgan fingerprint density at radius 1 is 1.32 bits per heavy atom. The van der Waals surface area contributed by atoms with E-state index in [1.165, 1.54) is 12.1 Å². The SMILES string of the molecule is CCC(C)C1CNCCN1Cc1cc(F)cc(F)c1. The summed E-state index contributed by atoms with van der Waals surface area (Å²) in [5.41, 5.74) is 0.715. The van der Waals surface area contributed by atoms with E-state index < -0.39 is 11.6 Å². The van der Waals surface area contributed by atoms with Gasteiger partial charge < -0.3 is 5.32 Å². The van der Waals surface area contributed by atoms with Gasteiger partial charge in [0.25, 0.3) is 0 Å². The first-order valence-electron chi connectivity index (χ1n) is 7.00. The first-order valence-corrected chi connectivity index (χ1v) is 7.00. The van der Waals surface area contributed by atoms with Gasteiger partial charge in [-0.25, -0.2) is 8.78 Å². The van der Waals surface area contributed by atoms with Crippen molar-refractivity contribution in [1.29, 1.82) is 0 Å². The van der Waals surface area contributed by atoms with Gasteiger partial charge in [0.1, 0.15) is 11.6 Å². The molecule has 1 aliphatic heterocycles. The molecule has 0 saturated carbocycles. The Kier molecular flexibility index (Phi) is 4.88. The minimum absolute atomic E-state index is 0.435. The zero-order chi connectivity index (χ0) is 13.8. The molecule has 0 radical (unpaired) electrons. The zero-order valence-electron chi connectivity index (χ0n) is 11.6. The molecular formula is C15H22F2N2. The Hall–Kier alpha value is -1.00. The fourth-order valence-corrected chi connectivity index (χ4v) is 2.73. The average molecular weight is 268 g/mol. The maximum Gasteiger partial charge on any atom is 0.126 e. The van der Waals surface area contributed by atoms with Crippen LogP contribution in [0.25, 0.3) is 0 Å². The van der Waals surface area contributed by atoms with Gasteiger partial charge in [0, 0.05) is 38.3 Å². The van der Waals surface area contributed by atoms with E-state index in [0.717, 1.165) is 32.1 Å². The lowest BCUT2D eigenvalue weighted by atomic mass is 9.95. The molecule has 0 aliphatic carbocycles. The number of hydrogen-bond acceptors (Lipinski definition) is 2. The highest BCUT2D eigenvalue weighted by Crippen LogP contribution is 2.19. The van der Waals surface area contributed by atoms with Crippen molar-refractivity contribution in [3.63, 3.8) is 0 Å². The van der Waals surface area contributed by atoms with Gasteiger partial charge in [-0.15, -0.1) is 0 Å². The third-order valence-electron chi connectivity index (χ3n) is 4.01. The minimum Gasteiger partial charge on any atom is -0.314 e. The fourth-order valence-electron chi connectivity index (χ4n) is 2.73. The van der Waals surface area contributed by atoms with Crippen LogP contribution < -0.4 is 5.32 Å². The lowest BCUT2D eigenvalue weighted by Gasteiger charge is -2.39. The predicted molar refractivity (Wildman–Crippen MR) is 72.9 cm³/mol. The summed E-state index contributed by atoms with van der Waals surface area (Å²) in [6.45, 7) is 7.84. The van der Waals surface area contributed by atoms with E-state index in [4.69, 9.17) is 0 Å². The highest BCUT2D eigenvalue weighted by Gasteiger charge is 2.26. The highest BCUT2D eigenvalue weighted by molar-refractivity contribution is 5.18. The number of nitrogens with zero attached hydrogens (tertiary/aromatic N) is 1. The minimum atomic E-state index is -0.495. The van der Waals surface area contributed by atoms with Crippen LogP contribution in [0.3, 0.4) is 0 Å². The second-order valence-corrected chi connectivity index (χ2v) is 5.41. The Morgan fingerprint density at radius 2 is 2.00 bits per heavy atom. The molecule has 0 bridgehead atoms. The van der Waals surface area contributed by atoms with Crippen molar-refractivity contribution >= 4 is 0 Å². The zero-order valence-corrected chi connectivity index (χ0v) is 11.6. The summed E-state index contributed by atoms with van der Waals surface area (Å²) in [5.74, 6) is -0.415. The van der Waals surface area contributed by atoms with Gasteiger partial charge in [0.05, 0.1) is 0 Å². The third kappa shape index (κ3) is 3.74. The normalized spacial score (nSPS) is 22.4. The number of hydrogen-bond donors (Lipinski definition) is 1. The second kappa shape index (κ2) is 6.44. The fraction of sp³-hybridized carbons (Fsp3) is 0.600. The van der Waals surface area contributed by atoms with Crippen molar-refractivity contribution in [3.8, 4) is 0 Å². The monoisotopic (exact) mass is 268 g/mol. The molecule has 1 fully saturated rings. The summed E-state index contributed by atoms with van der Waals surface area (Å²) < 4.78 is 26.5. The molecule has 1 aliphatic rings. The number of benzene rings is 1. The lowest BCUT2D eigenvalue weighted by molar-refractivity contribution is 0.109. The summed E-state index contributed by atoms with van der Waals surface area (Å²) in [7, 11) is 0. The smallest absolute Gasteiger partial charge is 0.126 e. The van der Waals surface area contributed by atoms with Crippen LogP contribution in [-0.4, -0.2) is 30.6 Å². The van der Waals surface area contributed by atoms with E-state index in [9.17, 15) is 8.78 Å². The Morgan fingerprint density at radius 3 is 2.63 bits per heavy atom. The van der Waals surface area contributed by atoms with E-state index >= 15 is 0 Å². The van der Waals surface area contributed by atoms with E-state index in [0.29, 0.717) is 24.1 Å². The van der Waals surface area contributed by atoms with Crippen molar-refractivity contribution in [2.75, 3.05) is 19.6 Å². The number of nitrogens with one attached hydrogen (secondary N) is 1. The molecule has 1 aromatic carbocycles. The van der Waals surface area contributed by atoms with Crippen LogP contribution in [0, 0.1) is 17.6 Å². The molecule has 2 rings (SSSR count). The van der Waals surface area contributed by atoms with Crippen molar-refractivity contribution in [2.45, 2.75) is 32.9 Å². The molecule has 0 amide bonds. The van der Waals surface area contributed by atoms with E-state index in [2.05, 4.69) is 24.1 Å². The van der Waals surface area contributed by atoms with Crippen LogP contribution in [0.4, 0.5) is 8.78 Å². The van der Waals surface area contributed by atoms with Gasteiger partial charge in [0.15, 0.2) is 0 Å². The quantitative estimate of drug-likeness (QED) is 0.903. The molecule has 19 heavy (non-hydrogen) atoms. The maximum atomic E-state index is 13.2. The standard InChI is InChI=1S/C15H22F2N2/c1-3-11(2)15-9-18-4-5-19(15)10-12-6-13(16)8-14(17)7-12/h6-8,11,15,18H,3-5,9-10H2,1-2H3. The van der Waals surface area contributed by atoms with Crippen molar-refractivity contribution < 1.29 is 8.78 Å². The van der Waals surface area contributed by atoms with Crippen LogP contribution in [0.5, 0.6) is 0 Å². The van der Waals surface area contributed by atoms with Crippen LogP contribution in [0.1, 0.15) is 25.8 Å². The molecule has 1 aromatic rings. The molecule has 0 spiro atoms. The summed E-state index contributed by atoms with van der Waals surface area (Å²) in [4.78, 5) is 2.33. The summed E-state index contributed by atoms with van der Waals surface area (Å²) in [6.07, 6.45) is 1.11. The van der Waals surface area contributed by atoms with E-state index in [-0.39, 0.29) is 0 Å². The molecule has 106 valence electrons. The van der Waals surface area contributed by atoms with Crippen LogP contribution in [-0.2, 0) is 6.54 Å². The second-order valence-electron chi connectivity index (χ2n) is 5.41. The Labute approximate surface area is 113 Å². The van der Waals surface area contributed by atoms with Gasteiger partial charge in [-0.2, -0.15) is 0 Å². The molecule has 2 nitrogen and oxygen atoms in total. The largest absolute Gasteiger partial charge is 0.314 e. The van der Waals surface area contributed by atoms with Crippen LogP contribution in [0.15, 0.2) is 18.2 Å². The number of rotatable bonds is 4. The average Bonchev–Trinajstić information content (AvgIpc) is 2.37. The van der Waals surface area contributed by atoms with Gasteiger partial charge in [-0.05, 0) is 23.6 Å². The van der Waals surface area contributed by atoms with Crippen LogP contribution in [0.2, 0.25) is 0 Å². The topological polar surface area (TPSA) is 15.3 Å². The van der Waals surface area contributed by atoms with Crippen molar-refractivity contribution in [1.82, 2.24) is 10.2 Å². The molecule has 1 heterocycles. The molecular weight excluding hydrogens is 246 g/mol. The predicted octanol–water partition coefficient (Wildman–Crippen LogP) is 2.78. The summed E-state index contributed by atoms with van der Waals surface area (Å²) >= 11 is 0. The third-order valence-corrected chi connectivity index (χ3v) is 4.01. The van der Waals surface area contributed by atoms with Gasteiger partial charge in [-0.3, -0.25) is 4.90 Å². The van der Waals surface area contributed by atoms with Crippen LogP contribution >= 0.6 is 0 Å². The van der Waals surface area contributed by atoms with Gasteiger partial charge >= 0.3 is 0 Å². The summed E-state index contributed by atoms with van der Waals surface area (Å²) in [6, 6.07) is 4.22. The number of piperazine rings is 1. The van der Waals surface area contributed by atoms with E-state index in [1.807, 2.05) is 0 Å².